The lowest BCUT2D eigenvalue weighted by atomic mass is 9.82. The van der Waals surface area contributed by atoms with Gasteiger partial charge in [-0.2, -0.15) is 0 Å². The van der Waals surface area contributed by atoms with Crippen molar-refractivity contribution < 1.29 is 14.4 Å². The number of carbonyl (C=O) groups is 3. The molecule has 33 heavy (non-hydrogen) atoms. The number of nitrogens with one attached hydrogen (secondary N) is 2. The Bertz CT molecular complexity index is 1160. The standard InChI is InChI=1S/C24H24N6O3/c1-15(17-6-3-2-4-7-17)28-24(33)30-21(22(31)29-18-8-5-10-26-14-18)19(23(30)32)12-16-9-11-27-20(25)13-16/h2-11,13-15,19,21H,12H2,1H3,(H2,25,27)(H,28,33)(H,29,31)/t15-,19-,21+/m1/s1. The van der Waals surface area contributed by atoms with E-state index >= 15 is 0 Å². The van der Waals surface area contributed by atoms with Gasteiger partial charge in [-0.1, -0.05) is 30.3 Å². The van der Waals surface area contributed by atoms with Gasteiger partial charge in [-0.3, -0.25) is 19.5 Å². The summed E-state index contributed by atoms with van der Waals surface area (Å²) in [5.74, 6) is -1.27. The van der Waals surface area contributed by atoms with E-state index in [4.69, 9.17) is 5.73 Å². The van der Waals surface area contributed by atoms with Crippen LogP contribution in [0, 0.1) is 5.92 Å². The molecule has 0 aliphatic carbocycles. The molecule has 2 aromatic heterocycles. The summed E-state index contributed by atoms with van der Waals surface area (Å²) >= 11 is 0. The number of carbonyl (C=O) groups excluding carboxylic acids is 3. The average molecular weight is 444 g/mol. The number of hydrogen-bond donors (Lipinski definition) is 3. The summed E-state index contributed by atoms with van der Waals surface area (Å²) in [5.41, 5.74) is 7.88. The van der Waals surface area contributed by atoms with Gasteiger partial charge >= 0.3 is 6.03 Å². The molecular formula is C24H24N6O3. The fourth-order valence-electron chi connectivity index (χ4n) is 3.88. The van der Waals surface area contributed by atoms with E-state index in [9.17, 15) is 14.4 Å². The third-order valence-electron chi connectivity index (χ3n) is 5.57. The summed E-state index contributed by atoms with van der Waals surface area (Å²) in [7, 11) is 0. The lowest BCUT2D eigenvalue weighted by Gasteiger charge is -2.44. The molecule has 0 unspecified atom stereocenters. The number of nitrogens with two attached hydrogens (primary N) is 1. The Morgan fingerprint density at radius 3 is 2.61 bits per heavy atom. The molecule has 4 rings (SSSR count). The van der Waals surface area contributed by atoms with Crippen LogP contribution in [0.25, 0.3) is 0 Å². The van der Waals surface area contributed by atoms with Crippen LogP contribution >= 0.6 is 0 Å². The molecular weight excluding hydrogens is 420 g/mol. The molecule has 4 N–H and O–H groups in total. The lowest BCUT2D eigenvalue weighted by molar-refractivity contribution is -0.155. The molecule has 0 bridgehead atoms. The third kappa shape index (κ3) is 4.82. The fraction of sp³-hybridized carbons (Fsp3) is 0.208. The number of aromatic nitrogens is 2. The number of anilines is 2. The van der Waals surface area contributed by atoms with Gasteiger partial charge in [0, 0.05) is 12.4 Å². The molecule has 1 aliphatic heterocycles. The van der Waals surface area contributed by atoms with E-state index in [0.717, 1.165) is 16.0 Å². The summed E-state index contributed by atoms with van der Waals surface area (Å²) in [6, 6.07) is 14.2. The van der Waals surface area contributed by atoms with Crippen molar-refractivity contribution in [2.24, 2.45) is 5.92 Å². The molecule has 3 heterocycles. The molecule has 9 nitrogen and oxygen atoms in total. The number of urea groups is 1. The Morgan fingerprint density at radius 1 is 1.12 bits per heavy atom. The molecule has 0 spiro atoms. The maximum Gasteiger partial charge on any atom is 0.325 e. The highest BCUT2D eigenvalue weighted by Gasteiger charge is 2.54. The summed E-state index contributed by atoms with van der Waals surface area (Å²) in [5, 5.41) is 5.56. The van der Waals surface area contributed by atoms with Crippen LogP contribution in [0.2, 0.25) is 0 Å². The number of β-lactam (4-membered cyclic amide) rings is 1. The number of nitrogens with zero attached hydrogens (tertiary/aromatic N) is 3. The molecule has 1 aromatic carbocycles. The second kappa shape index (κ2) is 9.47. The monoisotopic (exact) mass is 444 g/mol. The molecule has 3 aromatic rings. The van der Waals surface area contributed by atoms with Gasteiger partial charge in [0.1, 0.15) is 11.9 Å². The summed E-state index contributed by atoms with van der Waals surface area (Å²) in [6.45, 7) is 1.82. The molecule has 0 saturated carbocycles. The predicted molar refractivity (Wildman–Crippen MR) is 123 cm³/mol. The van der Waals surface area contributed by atoms with E-state index in [2.05, 4.69) is 20.6 Å². The zero-order valence-electron chi connectivity index (χ0n) is 18.0. The zero-order chi connectivity index (χ0) is 23.4. The number of hydrogen-bond acceptors (Lipinski definition) is 6. The van der Waals surface area contributed by atoms with Gasteiger partial charge in [0.25, 0.3) is 0 Å². The molecule has 168 valence electrons. The number of amides is 4. The SMILES string of the molecule is C[C@@H](NC(=O)N1C(=O)[C@H](Cc2ccnc(N)c2)[C@H]1C(=O)Nc1cccnc1)c1ccccc1. The predicted octanol–water partition coefficient (Wildman–Crippen LogP) is 2.54. The van der Waals surface area contributed by atoms with Gasteiger partial charge < -0.3 is 16.4 Å². The van der Waals surface area contributed by atoms with E-state index in [0.29, 0.717) is 11.5 Å². The van der Waals surface area contributed by atoms with Gasteiger partial charge in [0.2, 0.25) is 11.8 Å². The minimum atomic E-state index is -0.977. The summed E-state index contributed by atoms with van der Waals surface area (Å²) in [4.78, 5) is 48.1. The number of nitrogen functional groups attached to an aromatic ring is 1. The van der Waals surface area contributed by atoms with Gasteiger partial charge in [-0.25, -0.2) is 9.78 Å². The van der Waals surface area contributed by atoms with Crippen molar-refractivity contribution in [3.8, 4) is 0 Å². The first kappa shape index (κ1) is 21.9. The van der Waals surface area contributed by atoms with Gasteiger partial charge in [-0.05, 0) is 48.7 Å². The van der Waals surface area contributed by atoms with E-state index in [1.165, 1.54) is 6.20 Å². The van der Waals surface area contributed by atoms with Crippen LogP contribution in [-0.2, 0) is 16.0 Å². The number of benzene rings is 1. The maximum absolute atomic E-state index is 13.1. The van der Waals surface area contributed by atoms with Gasteiger partial charge in [0.05, 0.1) is 23.8 Å². The first-order chi connectivity index (χ1) is 15.9. The molecule has 1 fully saturated rings. The summed E-state index contributed by atoms with van der Waals surface area (Å²) < 4.78 is 0. The van der Waals surface area contributed by atoms with Crippen molar-refractivity contribution in [2.45, 2.75) is 25.4 Å². The minimum absolute atomic E-state index is 0.259. The van der Waals surface area contributed by atoms with Crippen LogP contribution in [-0.4, -0.2) is 38.8 Å². The number of rotatable bonds is 6. The van der Waals surface area contributed by atoms with E-state index in [-0.39, 0.29) is 12.5 Å². The molecule has 1 saturated heterocycles. The van der Waals surface area contributed by atoms with Crippen molar-refractivity contribution in [2.75, 3.05) is 11.1 Å². The average Bonchev–Trinajstić information content (AvgIpc) is 2.81. The minimum Gasteiger partial charge on any atom is -0.384 e. The Morgan fingerprint density at radius 2 is 1.91 bits per heavy atom. The Hall–Kier alpha value is -4.27. The van der Waals surface area contributed by atoms with Crippen molar-refractivity contribution in [3.63, 3.8) is 0 Å². The Labute approximate surface area is 191 Å². The number of imide groups is 1. The van der Waals surface area contributed by atoms with E-state index in [1.54, 1.807) is 36.7 Å². The molecule has 1 aliphatic rings. The van der Waals surface area contributed by atoms with Crippen LogP contribution < -0.4 is 16.4 Å². The van der Waals surface area contributed by atoms with Crippen LogP contribution in [0.4, 0.5) is 16.3 Å². The fourth-order valence-corrected chi connectivity index (χ4v) is 3.88. The van der Waals surface area contributed by atoms with Crippen molar-refractivity contribution in [1.29, 1.82) is 0 Å². The molecule has 9 heteroatoms. The third-order valence-corrected chi connectivity index (χ3v) is 5.57. The van der Waals surface area contributed by atoms with E-state index < -0.39 is 29.8 Å². The normalized spacial score (nSPS) is 18.2. The van der Waals surface area contributed by atoms with Gasteiger partial charge in [-0.15, -0.1) is 0 Å². The first-order valence-electron chi connectivity index (χ1n) is 10.5. The van der Waals surface area contributed by atoms with Crippen LogP contribution in [0.3, 0.4) is 0 Å². The molecule has 4 amide bonds. The summed E-state index contributed by atoms with van der Waals surface area (Å²) in [6.07, 6.45) is 4.89. The smallest absolute Gasteiger partial charge is 0.325 e. The van der Waals surface area contributed by atoms with Crippen LogP contribution in [0.15, 0.2) is 73.2 Å². The Kier molecular flexibility index (Phi) is 6.30. The second-order valence-electron chi connectivity index (χ2n) is 7.87. The topological polar surface area (TPSA) is 130 Å². The second-order valence-corrected chi connectivity index (χ2v) is 7.87. The lowest BCUT2D eigenvalue weighted by Crippen LogP contribution is -2.69. The largest absolute Gasteiger partial charge is 0.384 e. The molecule has 3 atom stereocenters. The highest BCUT2D eigenvalue weighted by Crippen LogP contribution is 2.32. The first-order valence-corrected chi connectivity index (χ1v) is 10.5. The molecule has 0 radical (unpaired) electrons. The number of pyridine rings is 2. The van der Waals surface area contributed by atoms with Crippen molar-refractivity contribution in [1.82, 2.24) is 20.2 Å². The van der Waals surface area contributed by atoms with Crippen LogP contribution in [0.1, 0.15) is 24.1 Å². The highest BCUT2D eigenvalue weighted by atomic mass is 16.2. The van der Waals surface area contributed by atoms with Crippen LogP contribution in [0.5, 0.6) is 0 Å². The van der Waals surface area contributed by atoms with E-state index in [1.807, 2.05) is 37.3 Å². The highest BCUT2D eigenvalue weighted by molar-refractivity contribution is 6.12. The quantitative estimate of drug-likeness (QED) is 0.501. The van der Waals surface area contributed by atoms with Crippen molar-refractivity contribution in [3.05, 3.63) is 84.3 Å². The van der Waals surface area contributed by atoms with Crippen molar-refractivity contribution >= 4 is 29.4 Å². The van der Waals surface area contributed by atoms with Gasteiger partial charge in [0.15, 0.2) is 0 Å². The Balaban J connectivity index is 1.54. The maximum atomic E-state index is 13.1. The number of likely N-dealkylation sites (tertiary alicyclic amines) is 1. The zero-order valence-corrected chi connectivity index (χ0v) is 18.0.